The van der Waals surface area contributed by atoms with Crippen LogP contribution >= 0.6 is 0 Å². The number of carbonyl (C=O) groups excluding carboxylic acids is 2. The predicted octanol–water partition coefficient (Wildman–Crippen LogP) is 0.529. The quantitative estimate of drug-likeness (QED) is 0.408. The summed E-state index contributed by atoms with van der Waals surface area (Å²) in [4.78, 5) is 22.4. The largest absolute Gasteiger partial charge is 0.468 e. The minimum Gasteiger partial charge on any atom is -0.468 e. The topological polar surface area (TPSA) is 43.4 Å². The lowest BCUT2D eigenvalue weighted by Crippen LogP contribution is -2.24. The highest BCUT2D eigenvalue weighted by Crippen LogP contribution is 2.61. The lowest BCUT2D eigenvalue weighted by molar-refractivity contribution is -0.150. The van der Waals surface area contributed by atoms with Gasteiger partial charge in [-0.1, -0.05) is 0 Å². The average molecular weight is 154 g/mol. The van der Waals surface area contributed by atoms with Crippen molar-refractivity contribution in [3.63, 3.8) is 0 Å². The van der Waals surface area contributed by atoms with Crippen LogP contribution in [0.5, 0.6) is 0 Å². The molecule has 2 aliphatic rings. The molecule has 0 aromatic rings. The summed E-state index contributed by atoms with van der Waals surface area (Å²) in [5.74, 6) is 0.0850. The number of rotatable bonds is 1. The average Bonchev–Trinajstić information content (AvgIpc) is 2.68. The molecule has 0 N–H and O–H groups in total. The molecule has 11 heavy (non-hydrogen) atoms. The second-order valence-electron chi connectivity index (χ2n) is 3.33. The van der Waals surface area contributed by atoms with Crippen molar-refractivity contribution in [1.29, 1.82) is 0 Å². The molecule has 2 unspecified atom stereocenters. The number of esters is 1. The fourth-order valence-corrected chi connectivity index (χ4v) is 2.09. The van der Waals surface area contributed by atoms with Gasteiger partial charge in [0, 0.05) is 6.42 Å². The van der Waals surface area contributed by atoms with Crippen molar-refractivity contribution >= 4 is 11.8 Å². The Bertz CT molecular complexity index is 233. The van der Waals surface area contributed by atoms with E-state index in [4.69, 9.17) is 0 Å². The zero-order valence-corrected chi connectivity index (χ0v) is 6.42. The van der Waals surface area contributed by atoms with Crippen LogP contribution in [0.25, 0.3) is 0 Å². The van der Waals surface area contributed by atoms with E-state index in [1.54, 1.807) is 0 Å². The van der Waals surface area contributed by atoms with E-state index in [0.29, 0.717) is 12.3 Å². The Hall–Kier alpha value is -0.860. The maximum Gasteiger partial charge on any atom is 0.319 e. The third-order valence-electron chi connectivity index (χ3n) is 2.87. The van der Waals surface area contributed by atoms with E-state index in [-0.39, 0.29) is 11.8 Å². The van der Waals surface area contributed by atoms with Crippen LogP contribution in [0, 0.1) is 11.3 Å². The van der Waals surface area contributed by atoms with Crippen LogP contribution in [0.4, 0.5) is 0 Å². The Morgan fingerprint density at radius 2 is 2.45 bits per heavy atom. The van der Waals surface area contributed by atoms with Crippen LogP contribution in [-0.2, 0) is 14.3 Å². The van der Waals surface area contributed by atoms with Gasteiger partial charge in [0.15, 0.2) is 0 Å². The molecule has 0 bridgehead atoms. The minimum absolute atomic E-state index is 0.0920. The number of hydrogen-bond acceptors (Lipinski definition) is 3. The van der Waals surface area contributed by atoms with Crippen LogP contribution in [0.3, 0.4) is 0 Å². The molecule has 2 atom stereocenters. The summed E-state index contributed by atoms with van der Waals surface area (Å²) in [5.41, 5.74) is -0.672. The second kappa shape index (κ2) is 1.84. The molecule has 0 heterocycles. The van der Waals surface area contributed by atoms with Crippen LogP contribution in [0.1, 0.15) is 19.3 Å². The Morgan fingerprint density at radius 1 is 1.73 bits per heavy atom. The van der Waals surface area contributed by atoms with Gasteiger partial charge < -0.3 is 4.74 Å². The van der Waals surface area contributed by atoms with Crippen molar-refractivity contribution < 1.29 is 14.3 Å². The molecule has 2 saturated carbocycles. The van der Waals surface area contributed by atoms with E-state index < -0.39 is 5.41 Å². The third kappa shape index (κ3) is 0.633. The van der Waals surface area contributed by atoms with Crippen molar-refractivity contribution in [1.82, 2.24) is 0 Å². The van der Waals surface area contributed by atoms with Crippen LogP contribution < -0.4 is 0 Å². The van der Waals surface area contributed by atoms with Gasteiger partial charge in [0.2, 0.25) is 0 Å². The fourth-order valence-electron chi connectivity index (χ4n) is 2.09. The van der Waals surface area contributed by atoms with E-state index >= 15 is 0 Å². The SMILES string of the molecule is COC(=O)C12CC1CCC2=O. The summed E-state index contributed by atoms with van der Waals surface area (Å²) in [6, 6.07) is 0. The number of carbonyl (C=O) groups is 2. The first-order valence-corrected chi connectivity index (χ1v) is 3.83. The maximum absolute atomic E-state index is 11.2. The minimum atomic E-state index is -0.672. The zero-order chi connectivity index (χ0) is 8.06. The van der Waals surface area contributed by atoms with E-state index in [0.717, 1.165) is 12.8 Å². The van der Waals surface area contributed by atoms with Crippen LogP contribution in [0.2, 0.25) is 0 Å². The normalized spacial score (nSPS) is 40.1. The first-order valence-electron chi connectivity index (χ1n) is 3.83. The van der Waals surface area contributed by atoms with Gasteiger partial charge in [-0.05, 0) is 18.8 Å². The highest BCUT2D eigenvalue weighted by molar-refractivity contribution is 6.09. The van der Waals surface area contributed by atoms with Crippen LogP contribution in [0.15, 0.2) is 0 Å². The molecule has 0 aromatic carbocycles. The van der Waals surface area contributed by atoms with Crippen molar-refractivity contribution in [2.75, 3.05) is 7.11 Å². The highest BCUT2D eigenvalue weighted by Gasteiger charge is 2.68. The zero-order valence-electron chi connectivity index (χ0n) is 6.42. The van der Waals surface area contributed by atoms with Gasteiger partial charge in [0.1, 0.15) is 11.2 Å². The number of fused-ring (bicyclic) bond motifs is 1. The molecular formula is C8H10O3. The number of methoxy groups -OCH3 is 1. The number of ketones is 1. The lowest BCUT2D eigenvalue weighted by atomic mass is 10.0. The van der Waals surface area contributed by atoms with E-state index in [9.17, 15) is 9.59 Å². The fraction of sp³-hybridized carbons (Fsp3) is 0.750. The predicted molar refractivity (Wildman–Crippen MR) is 36.8 cm³/mol. The molecule has 60 valence electrons. The van der Waals surface area contributed by atoms with E-state index in [2.05, 4.69) is 4.74 Å². The molecule has 0 saturated heterocycles. The monoisotopic (exact) mass is 154 g/mol. The molecule has 2 aliphatic carbocycles. The van der Waals surface area contributed by atoms with Gasteiger partial charge >= 0.3 is 5.97 Å². The summed E-state index contributed by atoms with van der Waals surface area (Å²) in [7, 11) is 1.35. The van der Waals surface area contributed by atoms with Crippen LogP contribution in [-0.4, -0.2) is 18.9 Å². The van der Waals surface area contributed by atoms with Crippen molar-refractivity contribution in [3.8, 4) is 0 Å². The molecule has 3 nitrogen and oxygen atoms in total. The summed E-state index contributed by atoms with van der Waals surface area (Å²) < 4.78 is 4.59. The number of hydrogen-bond donors (Lipinski definition) is 0. The third-order valence-corrected chi connectivity index (χ3v) is 2.87. The standard InChI is InChI=1S/C8H10O3/c1-11-7(10)8-4-5(8)2-3-6(8)9/h5H,2-4H2,1H3. The molecule has 2 fully saturated rings. The highest BCUT2D eigenvalue weighted by atomic mass is 16.5. The molecule has 0 amide bonds. The van der Waals surface area contributed by atoms with Crippen molar-refractivity contribution in [3.05, 3.63) is 0 Å². The molecular weight excluding hydrogens is 144 g/mol. The molecule has 0 aliphatic heterocycles. The molecule has 0 spiro atoms. The molecule has 2 rings (SSSR count). The Kier molecular flexibility index (Phi) is 1.14. The van der Waals surface area contributed by atoms with Gasteiger partial charge in [-0.2, -0.15) is 0 Å². The Balaban J connectivity index is 2.24. The summed E-state index contributed by atoms with van der Waals surface area (Å²) >= 11 is 0. The lowest BCUT2D eigenvalue weighted by Gasteiger charge is -2.05. The first-order chi connectivity index (χ1) is 5.21. The Morgan fingerprint density at radius 3 is 2.82 bits per heavy atom. The van der Waals surface area contributed by atoms with Gasteiger partial charge in [0.05, 0.1) is 7.11 Å². The van der Waals surface area contributed by atoms with Gasteiger partial charge in [-0.3, -0.25) is 9.59 Å². The molecule has 0 radical (unpaired) electrons. The second-order valence-corrected chi connectivity index (χ2v) is 3.33. The number of Topliss-reactive ketones (excluding diaryl/α,β-unsaturated/α-hetero) is 1. The summed E-state index contributed by atoms with van der Waals surface area (Å²) in [6.07, 6.45) is 2.19. The molecule has 3 heteroatoms. The maximum atomic E-state index is 11.2. The van der Waals surface area contributed by atoms with E-state index in [1.807, 2.05) is 0 Å². The van der Waals surface area contributed by atoms with E-state index in [1.165, 1.54) is 7.11 Å². The van der Waals surface area contributed by atoms with Gasteiger partial charge in [0.25, 0.3) is 0 Å². The van der Waals surface area contributed by atoms with Gasteiger partial charge in [-0.15, -0.1) is 0 Å². The van der Waals surface area contributed by atoms with Crippen molar-refractivity contribution in [2.45, 2.75) is 19.3 Å². The Labute approximate surface area is 64.7 Å². The first kappa shape index (κ1) is 6.83. The smallest absolute Gasteiger partial charge is 0.319 e. The number of ether oxygens (including phenoxy) is 1. The van der Waals surface area contributed by atoms with Crippen molar-refractivity contribution in [2.24, 2.45) is 11.3 Å². The molecule has 0 aromatic heterocycles. The summed E-state index contributed by atoms with van der Waals surface area (Å²) in [5, 5.41) is 0. The van der Waals surface area contributed by atoms with Gasteiger partial charge in [-0.25, -0.2) is 0 Å². The summed E-state index contributed by atoms with van der Waals surface area (Å²) in [6.45, 7) is 0.